The molecule has 1 saturated heterocycles. The number of hydrogen-bond acceptors (Lipinski definition) is 5. The van der Waals surface area contributed by atoms with E-state index in [0.717, 1.165) is 4.90 Å². The van der Waals surface area contributed by atoms with Crippen LogP contribution in [0.1, 0.15) is 26.7 Å². The highest BCUT2D eigenvalue weighted by atomic mass is 16.6. The summed E-state index contributed by atoms with van der Waals surface area (Å²) >= 11 is 0. The number of esters is 1. The number of hydrogen-bond donors (Lipinski definition) is 1. The van der Waals surface area contributed by atoms with Crippen LogP contribution in [0.5, 0.6) is 0 Å². The number of rotatable bonds is 5. The van der Waals surface area contributed by atoms with Crippen molar-refractivity contribution in [1.82, 2.24) is 4.90 Å². The highest BCUT2D eigenvalue weighted by Gasteiger charge is 2.54. The normalized spacial score (nSPS) is 24.2. The smallest absolute Gasteiger partial charge is 0.304 e. The van der Waals surface area contributed by atoms with E-state index in [-0.39, 0.29) is 6.42 Å². The summed E-state index contributed by atoms with van der Waals surface area (Å²) in [5, 5.41) is 9.44. The molecule has 1 aliphatic rings. The molecule has 6 heteroatoms. The van der Waals surface area contributed by atoms with Crippen LogP contribution in [-0.2, 0) is 19.1 Å². The van der Waals surface area contributed by atoms with Crippen molar-refractivity contribution < 1.29 is 24.2 Å². The van der Waals surface area contributed by atoms with Crippen molar-refractivity contribution in [1.29, 1.82) is 0 Å². The van der Waals surface area contributed by atoms with E-state index < -0.39 is 36.0 Å². The first-order valence-electron chi connectivity index (χ1n) is 5.72. The van der Waals surface area contributed by atoms with Gasteiger partial charge in [-0.25, -0.2) is 4.90 Å². The second-order valence-corrected chi connectivity index (χ2v) is 4.20. The molecule has 0 spiro atoms. The molecule has 2 amide bonds. The molecule has 1 rings (SSSR count). The maximum Gasteiger partial charge on any atom is 0.304 e. The molecule has 6 nitrogen and oxygen atoms in total. The molecular weight excluding hydrogens is 238 g/mol. The standard InChI is InChI=1S/C12H17NO5/c1-4-5-6-9(16)13-11(17)10(7(2)14)12(13)18-8(3)15/h4,7,10,12,14H,1,5-6H2,2-3H3/t7-,10+,12-/m1/s1. The molecule has 3 atom stereocenters. The van der Waals surface area contributed by atoms with Crippen LogP contribution >= 0.6 is 0 Å². The zero-order valence-electron chi connectivity index (χ0n) is 10.5. The summed E-state index contributed by atoms with van der Waals surface area (Å²) in [6.07, 6.45) is 0.168. The summed E-state index contributed by atoms with van der Waals surface area (Å²) in [6.45, 7) is 6.09. The predicted octanol–water partition coefficient (Wildman–Crippen LogP) is 0.208. The summed E-state index contributed by atoms with van der Waals surface area (Å²) in [5.41, 5.74) is 0. The van der Waals surface area contributed by atoms with Gasteiger partial charge in [0.05, 0.1) is 6.10 Å². The Morgan fingerprint density at radius 3 is 2.67 bits per heavy atom. The number of likely N-dealkylation sites (tertiary alicyclic amines) is 1. The van der Waals surface area contributed by atoms with Gasteiger partial charge in [-0.2, -0.15) is 0 Å². The van der Waals surface area contributed by atoms with Gasteiger partial charge in [-0.15, -0.1) is 6.58 Å². The molecule has 0 aliphatic carbocycles. The fourth-order valence-corrected chi connectivity index (χ4v) is 1.84. The minimum absolute atomic E-state index is 0.125. The topological polar surface area (TPSA) is 83.9 Å². The minimum Gasteiger partial charge on any atom is -0.440 e. The zero-order valence-corrected chi connectivity index (χ0v) is 10.5. The molecule has 1 aliphatic heterocycles. The van der Waals surface area contributed by atoms with Gasteiger partial charge in [0, 0.05) is 13.3 Å². The van der Waals surface area contributed by atoms with Crippen molar-refractivity contribution in [2.75, 3.05) is 0 Å². The van der Waals surface area contributed by atoms with Gasteiger partial charge in [0.1, 0.15) is 5.92 Å². The van der Waals surface area contributed by atoms with Crippen LogP contribution in [0, 0.1) is 5.92 Å². The monoisotopic (exact) mass is 255 g/mol. The van der Waals surface area contributed by atoms with Crippen molar-refractivity contribution in [2.24, 2.45) is 5.92 Å². The average Bonchev–Trinajstić information content (AvgIpc) is 2.24. The lowest BCUT2D eigenvalue weighted by Crippen LogP contribution is -2.67. The van der Waals surface area contributed by atoms with Crippen LogP contribution in [0.15, 0.2) is 12.7 Å². The lowest BCUT2D eigenvalue weighted by molar-refractivity contribution is -0.207. The van der Waals surface area contributed by atoms with E-state index in [0.29, 0.717) is 6.42 Å². The number of β-lactam (4-membered cyclic amide) rings is 1. The molecule has 0 aromatic heterocycles. The molecule has 1 fully saturated rings. The molecule has 0 unspecified atom stereocenters. The maximum absolute atomic E-state index is 11.7. The Hall–Kier alpha value is -1.69. The molecule has 0 bridgehead atoms. The highest BCUT2D eigenvalue weighted by Crippen LogP contribution is 2.31. The molecule has 100 valence electrons. The molecule has 0 radical (unpaired) electrons. The zero-order chi connectivity index (χ0) is 13.9. The van der Waals surface area contributed by atoms with Crippen molar-refractivity contribution in [3.8, 4) is 0 Å². The largest absolute Gasteiger partial charge is 0.440 e. The van der Waals surface area contributed by atoms with Crippen LogP contribution in [0.25, 0.3) is 0 Å². The van der Waals surface area contributed by atoms with Gasteiger partial charge in [0.15, 0.2) is 6.23 Å². The molecular formula is C12H17NO5. The molecule has 0 aromatic rings. The van der Waals surface area contributed by atoms with Crippen LogP contribution < -0.4 is 0 Å². The maximum atomic E-state index is 11.7. The predicted molar refractivity (Wildman–Crippen MR) is 62.0 cm³/mol. The molecule has 1 N–H and O–H groups in total. The van der Waals surface area contributed by atoms with Crippen molar-refractivity contribution in [2.45, 2.75) is 39.0 Å². The Balaban J connectivity index is 2.77. The average molecular weight is 255 g/mol. The summed E-state index contributed by atoms with van der Waals surface area (Å²) in [7, 11) is 0. The number of amides is 2. The summed E-state index contributed by atoms with van der Waals surface area (Å²) in [4.78, 5) is 35.3. The van der Waals surface area contributed by atoms with Crippen LogP contribution in [0.3, 0.4) is 0 Å². The molecule has 0 aromatic carbocycles. The number of carbonyl (C=O) groups excluding carboxylic acids is 3. The van der Waals surface area contributed by atoms with Gasteiger partial charge >= 0.3 is 5.97 Å². The number of aliphatic hydroxyl groups excluding tert-OH is 1. The van der Waals surface area contributed by atoms with Crippen molar-refractivity contribution in [3.63, 3.8) is 0 Å². The minimum atomic E-state index is -0.993. The SMILES string of the molecule is C=CCCC(=O)N1C(=O)[C@H]([C@@H](C)O)[C@H]1OC(C)=O. The first kappa shape index (κ1) is 14.4. The van der Waals surface area contributed by atoms with Crippen LogP contribution in [-0.4, -0.2) is 40.1 Å². The van der Waals surface area contributed by atoms with E-state index in [1.807, 2.05) is 0 Å². The third-order valence-electron chi connectivity index (χ3n) is 2.72. The summed E-state index contributed by atoms with van der Waals surface area (Å²) in [5.74, 6) is -2.39. The van der Waals surface area contributed by atoms with E-state index in [2.05, 4.69) is 6.58 Å². The van der Waals surface area contributed by atoms with E-state index in [4.69, 9.17) is 4.74 Å². The Morgan fingerprint density at radius 1 is 1.61 bits per heavy atom. The second kappa shape index (κ2) is 5.77. The fraction of sp³-hybridized carbons (Fsp3) is 0.583. The van der Waals surface area contributed by atoms with E-state index in [1.165, 1.54) is 13.8 Å². The van der Waals surface area contributed by atoms with Gasteiger partial charge in [0.25, 0.3) is 0 Å². The highest BCUT2D eigenvalue weighted by molar-refractivity contribution is 6.02. The van der Waals surface area contributed by atoms with Gasteiger partial charge in [-0.1, -0.05) is 6.08 Å². The second-order valence-electron chi connectivity index (χ2n) is 4.20. The molecule has 1 heterocycles. The molecule has 0 saturated carbocycles. The Morgan fingerprint density at radius 2 is 2.22 bits per heavy atom. The number of imide groups is 1. The number of ether oxygens (including phenoxy) is 1. The van der Waals surface area contributed by atoms with Gasteiger partial charge < -0.3 is 9.84 Å². The third-order valence-corrected chi connectivity index (χ3v) is 2.72. The lowest BCUT2D eigenvalue weighted by Gasteiger charge is -2.45. The Kier molecular flexibility index (Phi) is 4.61. The number of aliphatic hydroxyl groups is 1. The summed E-state index contributed by atoms with van der Waals surface area (Å²) < 4.78 is 4.90. The molecule has 18 heavy (non-hydrogen) atoms. The van der Waals surface area contributed by atoms with Gasteiger partial charge in [-0.3, -0.25) is 14.4 Å². The lowest BCUT2D eigenvalue weighted by atomic mass is 9.90. The van der Waals surface area contributed by atoms with E-state index >= 15 is 0 Å². The van der Waals surface area contributed by atoms with Gasteiger partial charge in [-0.05, 0) is 13.3 Å². The Bertz CT molecular complexity index is 377. The Labute approximate surface area is 105 Å². The van der Waals surface area contributed by atoms with E-state index in [1.54, 1.807) is 6.08 Å². The number of nitrogens with zero attached hydrogens (tertiary/aromatic N) is 1. The van der Waals surface area contributed by atoms with E-state index in [9.17, 15) is 19.5 Å². The van der Waals surface area contributed by atoms with Crippen molar-refractivity contribution >= 4 is 17.8 Å². The van der Waals surface area contributed by atoms with Crippen molar-refractivity contribution in [3.05, 3.63) is 12.7 Å². The number of carbonyl (C=O) groups is 3. The first-order chi connectivity index (χ1) is 8.40. The van der Waals surface area contributed by atoms with Crippen LogP contribution in [0.4, 0.5) is 0 Å². The summed E-state index contributed by atoms with van der Waals surface area (Å²) in [6, 6.07) is 0. The third kappa shape index (κ3) is 2.76. The quantitative estimate of drug-likeness (QED) is 0.431. The first-order valence-corrected chi connectivity index (χ1v) is 5.72. The van der Waals surface area contributed by atoms with Crippen LogP contribution in [0.2, 0.25) is 0 Å². The van der Waals surface area contributed by atoms with Gasteiger partial charge in [0.2, 0.25) is 11.8 Å². The fourth-order valence-electron chi connectivity index (χ4n) is 1.84. The number of allylic oxidation sites excluding steroid dienone is 1.